The minimum absolute atomic E-state index is 0.214. The molecule has 10 fully saturated rings. The molecule has 47 heteroatoms. The number of rotatable bonds is 20. The number of halogens is 2. The summed E-state index contributed by atoms with van der Waals surface area (Å²) in [4.78, 5) is 63.0. The molecule has 5 unspecified atom stereocenters. The number of nitrogens with two attached hydrogens (primary N) is 5. The van der Waals surface area contributed by atoms with Crippen LogP contribution in [0.3, 0.4) is 0 Å². The smallest absolute Gasteiger partial charge is 0.181 e. The van der Waals surface area contributed by atoms with Gasteiger partial charge in [-0.2, -0.15) is 0 Å². The molecule has 10 aromatic rings. The van der Waals surface area contributed by atoms with Crippen LogP contribution in [0.25, 0.3) is 55.8 Å². The van der Waals surface area contributed by atoms with Crippen molar-refractivity contribution in [2.24, 2.45) is 0 Å². The molecule has 10 aromatic heterocycles. The molecule has 0 radical (unpaired) electrons. The number of hydrogen-bond donors (Lipinski definition) is 5. The Morgan fingerprint density at radius 1 is 0.350 bits per heavy atom. The molecule has 20 atom stereocenters. The van der Waals surface area contributed by atoms with E-state index in [0.29, 0.717) is 173 Å². The highest BCUT2D eigenvalue weighted by atomic mass is 79.9. The quantitative estimate of drug-likeness (QED) is 0.0682. The molecule has 20 heterocycles. The summed E-state index contributed by atoms with van der Waals surface area (Å²) in [6.45, 7) is 4.77. The maximum absolute atomic E-state index is 6.52. The molecule has 10 saturated heterocycles. The van der Waals surface area contributed by atoms with Gasteiger partial charge in [-0.05, 0) is 51.1 Å². The lowest BCUT2D eigenvalue weighted by molar-refractivity contribution is -0.190. The third-order valence-corrected chi connectivity index (χ3v) is 24.0. The minimum Gasteiger partial charge on any atom is -0.382 e. The molecule has 0 spiro atoms. The fourth-order valence-corrected chi connectivity index (χ4v) is 19.1. The van der Waals surface area contributed by atoms with Gasteiger partial charge in [0.2, 0.25) is 0 Å². The van der Waals surface area contributed by atoms with E-state index in [1.807, 2.05) is 13.7 Å². The fourth-order valence-electron chi connectivity index (χ4n) is 18.0. The number of imidazole rings is 5. The molecular formula is C70H93Br2N25O20. The van der Waals surface area contributed by atoms with E-state index < -0.39 is 59.1 Å². The first-order valence-electron chi connectivity index (χ1n) is 37.4. The van der Waals surface area contributed by atoms with Crippen molar-refractivity contribution in [3.8, 4) is 0 Å². The van der Waals surface area contributed by atoms with E-state index in [4.69, 9.17) is 123 Å². The highest BCUT2D eigenvalue weighted by Crippen LogP contribution is 2.53. The number of hydrogen-bond acceptors (Lipinski definition) is 40. The average Bonchev–Trinajstić information content (AvgIpc) is 1.53. The van der Waals surface area contributed by atoms with E-state index in [-0.39, 0.29) is 61.0 Å². The second-order valence-electron chi connectivity index (χ2n) is 29.4. The first-order valence-corrected chi connectivity index (χ1v) is 39.0. The molecule has 20 rings (SSSR count). The van der Waals surface area contributed by atoms with Gasteiger partial charge in [0.25, 0.3) is 0 Å². The van der Waals surface area contributed by atoms with Gasteiger partial charge in [0.05, 0.1) is 78.4 Å². The van der Waals surface area contributed by atoms with Gasteiger partial charge in [0.15, 0.2) is 109 Å². The molecule has 0 amide bonds. The predicted molar refractivity (Wildman–Crippen MR) is 413 cm³/mol. The molecular weight excluding hydrogens is 1670 g/mol. The first-order chi connectivity index (χ1) is 56.8. The van der Waals surface area contributed by atoms with Crippen LogP contribution in [0.2, 0.25) is 0 Å². The van der Waals surface area contributed by atoms with E-state index in [0.717, 1.165) is 19.3 Å². The summed E-state index contributed by atoms with van der Waals surface area (Å²) in [7, 11) is 16.5. The van der Waals surface area contributed by atoms with Gasteiger partial charge in [-0.25, -0.2) is 74.8 Å². The SMILES string of the molecule is COC[C@]12CCCCOC1[C@H](OC)[C@H](n1cnc3c(N)ncnc31)O2.COC[C@]12CCO[C@@H](C1OC)[C@H](n1c(Br)nc3c(N)ncnc31)O2.COC[C@]12CCO[C@@H](C1OC)[C@H](n1cnc3c(N)ncnc31)O2.COC[C@]12CO[C@@H](C1OC)[C@H](n1c(Br)nc3c(N)ncnc31)O2.COC[C@]12CO[C@@H](C1OC)[C@H](n1cnc3c(N)ncnc31)O2. The largest absolute Gasteiger partial charge is 0.382 e. The summed E-state index contributed by atoms with van der Waals surface area (Å²) in [5, 5.41) is 0. The first kappa shape index (κ1) is 82.6. The summed E-state index contributed by atoms with van der Waals surface area (Å²) >= 11 is 6.91. The molecule has 0 aromatic carbocycles. The van der Waals surface area contributed by atoms with E-state index in [1.165, 1.54) is 31.6 Å². The Kier molecular flexibility index (Phi) is 23.9. The topological polar surface area (TPSA) is 533 Å². The second kappa shape index (κ2) is 33.8. The van der Waals surface area contributed by atoms with E-state index >= 15 is 0 Å². The maximum Gasteiger partial charge on any atom is 0.181 e. The monoisotopic (exact) mass is 1760 g/mol. The van der Waals surface area contributed by atoms with Gasteiger partial charge in [-0.15, -0.1) is 0 Å². The van der Waals surface area contributed by atoms with Crippen molar-refractivity contribution >= 4 is 117 Å². The van der Waals surface area contributed by atoms with Crippen LogP contribution in [-0.2, 0) is 94.7 Å². The second-order valence-corrected chi connectivity index (χ2v) is 30.9. The molecule has 0 saturated carbocycles. The van der Waals surface area contributed by atoms with Crippen molar-refractivity contribution in [2.45, 2.75) is 152 Å². The average molecular weight is 1760 g/mol. The van der Waals surface area contributed by atoms with Crippen molar-refractivity contribution in [3.05, 3.63) is 60.1 Å². The zero-order valence-corrected chi connectivity index (χ0v) is 68.8. The number of methoxy groups -OCH3 is 10. The van der Waals surface area contributed by atoms with Gasteiger partial charge in [0.1, 0.15) is 137 Å². The van der Waals surface area contributed by atoms with Crippen molar-refractivity contribution in [3.63, 3.8) is 0 Å². The Hall–Kier alpha value is -8.09. The molecule has 117 heavy (non-hydrogen) atoms. The molecule has 10 N–H and O–H groups in total. The van der Waals surface area contributed by atoms with E-state index in [9.17, 15) is 0 Å². The van der Waals surface area contributed by atoms with Crippen LogP contribution in [0.4, 0.5) is 29.1 Å². The van der Waals surface area contributed by atoms with Crippen LogP contribution in [0.1, 0.15) is 63.2 Å². The van der Waals surface area contributed by atoms with Crippen LogP contribution < -0.4 is 28.7 Å². The normalized spacial score (nSPS) is 33.0. The zero-order valence-electron chi connectivity index (χ0n) is 65.6. The Labute approximate surface area is 684 Å². The van der Waals surface area contributed by atoms with Gasteiger partial charge >= 0.3 is 0 Å². The van der Waals surface area contributed by atoms with Crippen molar-refractivity contribution in [1.29, 1.82) is 0 Å². The van der Waals surface area contributed by atoms with Gasteiger partial charge < -0.3 is 123 Å². The number of aromatic nitrogens is 20. The molecule has 45 nitrogen and oxygen atoms in total. The Balaban J connectivity index is 0.000000110. The lowest BCUT2D eigenvalue weighted by Crippen LogP contribution is -2.52. The van der Waals surface area contributed by atoms with E-state index in [1.54, 1.807) is 99.2 Å². The number of fused-ring (bicyclic) bond motifs is 14. The van der Waals surface area contributed by atoms with Crippen LogP contribution in [0.15, 0.2) is 60.1 Å². The molecule has 632 valence electrons. The molecule has 10 aliphatic rings. The molecule has 0 aliphatic carbocycles. The van der Waals surface area contributed by atoms with Crippen molar-refractivity contribution < 1.29 is 94.7 Å². The van der Waals surface area contributed by atoms with Crippen LogP contribution in [0, 0.1) is 0 Å². The molecule has 10 aliphatic heterocycles. The third kappa shape index (κ3) is 14.1. The van der Waals surface area contributed by atoms with Crippen molar-refractivity contribution in [2.75, 3.05) is 166 Å². The lowest BCUT2D eigenvalue weighted by atomic mass is 9.90. The number of ether oxygens (including phenoxy) is 20. The Morgan fingerprint density at radius 3 is 1.10 bits per heavy atom. The highest BCUT2D eigenvalue weighted by Gasteiger charge is 2.66. The summed E-state index contributed by atoms with van der Waals surface area (Å²) in [5.74, 6) is 1.64. The number of nitrogen functional groups attached to an aromatic ring is 5. The third-order valence-electron chi connectivity index (χ3n) is 22.9. The minimum atomic E-state index is -0.645. The summed E-state index contributed by atoms with van der Waals surface area (Å²) in [6, 6.07) is 0. The Bertz CT molecular complexity index is 5150. The van der Waals surface area contributed by atoms with E-state index in [2.05, 4.69) is 107 Å². The number of nitrogens with zero attached hydrogens (tertiary/aromatic N) is 20. The lowest BCUT2D eigenvalue weighted by Gasteiger charge is -2.37. The molecule has 8 bridgehead atoms. The summed E-state index contributed by atoms with van der Waals surface area (Å²) in [6.07, 6.45) is 11.6. The maximum atomic E-state index is 6.52. The highest BCUT2D eigenvalue weighted by molar-refractivity contribution is 9.10. The van der Waals surface area contributed by atoms with Crippen LogP contribution in [-0.4, -0.2) is 324 Å². The van der Waals surface area contributed by atoms with Gasteiger partial charge in [-0.1, -0.05) is 0 Å². The summed E-state index contributed by atoms with van der Waals surface area (Å²) in [5.41, 5.74) is 32.1. The van der Waals surface area contributed by atoms with Crippen LogP contribution in [0.5, 0.6) is 0 Å². The fraction of sp³-hybridized carbons (Fsp3) is 0.643. The van der Waals surface area contributed by atoms with Gasteiger partial charge in [0, 0.05) is 90.5 Å². The summed E-state index contributed by atoms with van der Waals surface area (Å²) < 4.78 is 127. The number of anilines is 5. The standard InChI is InChI=1S/C16H23N5O4.C14H18BrN5O4.C14H19N5O4.C13H16BrN5O4.C13H17N5O4/c1-22-7-16-5-3-4-6-24-12(16)11(23-2)15(25-16)21-9-20-10-13(17)18-8-19-14(10)21;1-21-5-14-3-4-23-8(9(14)22-2)12(24-14)20-11-7(19-13(20)15)10(16)17-6-18-11;1-20-5-14-3-4-22-9(10(14)21-2)13(23-14)19-7-18-8-11(15)16-6-17-12(8)19;1-20-3-13-4-22-7(8(13)21-2)11(23-13)19-10-6(18-12(19)14)9(15)16-5-17-10;1-19-3-13-4-21-8(9(13)20-2)12(22-13)18-6-17-7-10(14)15-5-16-11(7)18/h8-9,11-12,15H,3-7H2,1-2H3,(H2,17,18,19);6,8-9,12H,3-5H2,1-2H3,(H2,16,17,18);6-7,9-10,13H,3-5H2,1-2H3,(H2,15,16,17);5,7-8,11H,3-4H2,1-2H3,(H2,15,16,17);5-6,8-9,12H,3-4H2,1-2H3,(H2,14,15,16)/t11-,12?,15+,16+;8-,9?,12+,14+;9-,10?,13+,14+;7-,8?,11+,13-;8-,9?,12+,13-/m00000/s1. The zero-order chi connectivity index (χ0) is 81.9. The van der Waals surface area contributed by atoms with Crippen LogP contribution >= 0.6 is 31.9 Å². The Morgan fingerprint density at radius 2 is 0.684 bits per heavy atom. The van der Waals surface area contributed by atoms with Gasteiger partial charge in [-0.3, -0.25) is 22.8 Å². The van der Waals surface area contributed by atoms with Crippen molar-refractivity contribution in [1.82, 2.24) is 97.6 Å². The predicted octanol–water partition coefficient (Wildman–Crippen LogP) is 2.16.